The van der Waals surface area contributed by atoms with Crippen LogP contribution in [0.1, 0.15) is 29.8 Å². The molecule has 0 saturated heterocycles. The summed E-state index contributed by atoms with van der Waals surface area (Å²) in [5, 5.41) is 33.4. The van der Waals surface area contributed by atoms with Gasteiger partial charge in [0.1, 0.15) is 30.0 Å². The normalized spacial score (nSPS) is 27.8. The van der Waals surface area contributed by atoms with E-state index in [2.05, 4.69) is 15.9 Å². The first-order valence-electron chi connectivity index (χ1n) is 9.05. The summed E-state index contributed by atoms with van der Waals surface area (Å²) in [5.41, 5.74) is 0.0193. The summed E-state index contributed by atoms with van der Waals surface area (Å²) in [6, 6.07) is 5.03. The third-order valence-electron chi connectivity index (χ3n) is 5.87. The van der Waals surface area contributed by atoms with Gasteiger partial charge >= 0.3 is 0 Å². The van der Waals surface area contributed by atoms with Gasteiger partial charge in [0.05, 0.1) is 28.3 Å². The number of aryl methyl sites for hydroxylation is 1. The topological polar surface area (TPSA) is 91.4 Å². The van der Waals surface area contributed by atoms with Crippen LogP contribution >= 0.6 is 11.6 Å². The van der Waals surface area contributed by atoms with Gasteiger partial charge in [0.25, 0.3) is 0 Å². The van der Waals surface area contributed by atoms with E-state index in [0.29, 0.717) is 5.65 Å². The van der Waals surface area contributed by atoms with Crippen LogP contribution in [-0.4, -0.2) is 42.1 Å². The smallest absolute Gasteiger partial charge is 0.143 e. The van der Waals surface area contributed by atoms with Crippen LogP contribution in [0, 0.1) is 30.5 Å². The fourth-order valence-corrected chi connectivity index (χ4v) is 4.32. The molecule has 6 nitrogen and oxygen atoms in total. The molecular weight excluding hydrogens is 397 g/mol. The number of hydrogen-bond acceptors (Lipinski definition) is 5. The predicted octanol–water partition coefficient (Wildman–Crippen LogP) is 2.55. The number of nitrogens with zero attached hydrogens (tertiary/aromatic N) is 3. The van der Waals surface area contributed by atoms with Crippen molar-refractivity contribution >= 4 is 22.6 Å². The first-order chi connectivity index (χ1) is 13.8. The Balaban J connectivity index is 1.77. The molecule has 3 N–H and O–H groups in total. The van der Waals surface area contributed by atoms with E-state index in [0.717, 1.165) is 17.1 Å². The molecule has 0 radical (unpaired) electrons. The molecule has 0 amide bonds. The molecule has 1 aliphatic rings. The third-order valence-corrected chi connectivity index (χ3v) is 6.18. The molecule has 0 spiro atoms. The van der Waals surface area contributed by atoms with Crippen molar-refractivity contribution < 1.29 is 19.7 Å². The third kappa shape index (κ3) is 2.92. The number of aliphatic hydroxyl groups excluding tert-OH is 3. The zero-order valence-electron chi connectivity index (χ0n) is 15.5. The van der Waals surface area contributed by atoms with Gasteiger partial charge in [-0.1, -0.05) is 23.6 Å². The Bertz CT molecular complexity index is 1130. The van der Waals surface area contributed by atoms with Crippen LogP contribution < -0.4 is 0 Å². The largest absolute Gasteiger partial charge is 0.389 e. The lowest BCUT2D eigenvalue weighted by Crippen LogP contribution is -2.40. The molecule has 5 atom stereocenters. The minimum Gasteiger partial charge on any atom is -0.389 e. The Morgan fingerprint density at radius 2 is 2.10 bits per heavy atom. The standard InChI is InChI=1S/C21H19ClFN3O3/c1-3-21(18(28)12-4-5-14(22)15(23)8-12)9-16(17(27)19(21)29)26-7-6-13-11(2)24-10-25-20(13)26/h1,4-8,10,16-19,27-29H,9H2,2H3/t16-,17+,18?,19+,21-/m1/s1. The number of aromatic nitrogens is 3. The van der Waals surface area contributed by atoms with Crippen LogP contribution in [0.4, 0.5) is 4.39 Å². The van der Waals surface area contributed by atoms with Crippen molar-refractivity contribution in [2.45, 2.75) is 37.7 Å². The second-order valence-electron chi connectivity index (χ2n) is 7.39. The quantitative estimate of drug-likeness (QED) is 0.572. The van der Waals surface area contributed by atoms with Gasteiger partial charge in [-0.25, -0.2) is 14.4 Å². The number of aliphatic hydroxyl groups is 3. The molecule has 4 rings (SSSR count). The van der Waals surface area contributed by atoms with Crippen molar-refractivity contribution in [3.05, 3.63) is 58.9 Å². The molecule has 29 heavy (non-hydrogen) atoms. The highest BCUT2D eigenvalue weighted by molar-refractivity contribution is 6.30. The fraction of sp³-hybridized carbons (Fsp3) is 0.333. The van der Waals surface area contributed by atoms with Crippen LogP contribution in [0.15, 0.2) is 36.8 Å². The highest BCUT2D eigenvalue weighted by atomic mass is 35.5. The van der Waals surface area contributed by atoms with E-state index in [4.69, 9.17) is 18.0 Å². The number of terminal acetylenes is 1. The van der Waals surface area contributed by atoms with Gasteiger partial charge in [0, 0.05) is 11.6 Å². The molecule has 2 aromatic heterocycles. The van der Waals surface area contributed by atoms with Crippen LogP contribution in [0.2, 0.25) is 5.02 Å². The summed E-state index contributed by atoms with van der Waals surface area (Å²) in [6.45, 7) is 1.85. The lowest BCUT2D eigenvalue weighted by Gasteiger charge is -2.33. The predicted molar refractivity (Wildman–Crippen MR) is 106 cm³/mol. The van der Waals surface area contributed by atoms with E-state index >= 15 is 0 Å². The maximum absolute atomic E-state index is 13.9. The Morgan fingerprint density at radius 1 is 1.34 bits per heavy atom. The summed E-state index contributed by atoms with van der Waals surface area (Å²) in [7, 11) is 0. The van der Waals surface area contributed by atoms with E-state index in [9.17, 15) is 19.7 Å². The minimum atomic E-state index is -1.52. The molecule has 2 heterocycles. The fourth-order valence-electron chi connectivity index (χ4n) is 4.21. The molecule has 1 aromatic carbocycles. The molecule has 150 valence electrons. The number of rotatable bonds is 3. The van der Waals surface area contributed by atoms with Crippen LogP contribution in [-0.2, 0) is 0 Å². The number of benzene rings is 1. The number of hydrogen-bond donors (Lipinski definition) is 3. The van der Waals surface area contributed by atoms with E-state index < -0.39 is 35.6 Å². The molecule has 0 aliphatic heterocycles. The summed E-state index contributed by atoms with van der Waals surface area (Å²) in [6.07, 6.45) is 4.86. The summed E-state index contributed by atoms with van der Waals surface area (Å²) in [5.74, 6) is 1.77. The molecular formula is C21H19ClFN3O3. The van der Waals surface area contributed by atoms with Crippen LogP contribution in [0.3, 0.4) is 0 Å². The molecule has 8 heteroatoms. The van der Waals surface area contributed by atoms with Gasteiger partial charge in [-0.2, -0.15) is 0 Å². The van der Waals surface area contributed by atoms with Crippen molar-refractivity contribution in [2.24, 2.45) is 5.41 Å². The molecule has 1 saturated carbocycles. The highest BCUT2D eigenvalue weighted by Crippen LogP contribution is 2.52. The SMILES string of the molecule is C#C[C@]1(C(O)c2ccc(Cl)c(F)c2)C[C@@H](n2ccc3c(C)ncnc32)[C@H](O)[C@@H]1O. The first kappa shape index (κ1) is 19.8. The average molecular weight is 416 g/mol. The Hall–Kier alpha value is -2.50. The molecule has 3 aromatic rings. The van der Waals surface area contributed by atoms with Crippen molar-refractivity contribution in [3.8, 4) is 12.3 Å². The average Bonchev–Trinajstić information content (AvgIpc) is 3.25. The second-order valence-corrected chi connectivity index (χ2v) is 7.79. The lowest BCUT2D eigenvalue weighted by atomic mass is 9.76. The molecule has 0 bridgehead atoms. The number of fused-ring (bicyclic) bond motifs is 1. The lowest BCUT2D eigenvalue weighted by molar-refractivity contribution is -0.0566. The molecule has 1 aliphatic carbocycles. The molecule has 1 unspecified atom stereocenters. The van der Waals surface area contributed by atoms with Gasteiger partial charge in [-0.05, 0) is 37.1 Å². The Labute approximate surface area is 171 Å². The van der Waals surface area contributed by atoms with Crippen LogP contribution in [0.25, 0.3) is 11.0 Å². The Kier molecular flexibility index (Phi) is 4.83. The second kappa shape index (κ2) is 7.08. The highest BCUT2D eigenvalue weighted by Gasteiger charge is 2.57. The maximum atomic E-state index is 13.9. The van der Waals surface area contributed by atoms with E-state index in [-0.39, 0.29) is 17.0 Å². The number of halogens is 2. The van der Waals surface area contributed by atoms with Crippen molar-refractivity contribution in [1.29, 1.82) is 0 Å². The zero-order chi connectivity index (χ0) is 20.9. The maximum Gasteiger partial charge on any atom is 0.143 e. The monoisotopic (exact) mass is 415 g/mol. The van der Waals surface area contributed by atoms with Gasteiger partial charge in [-0.15, -0.1) is 6.42 Å². The zero-order valence-corrected chi connectivity index (χ0v) is 16.3. The van der Waals surface area contributed by atoms with Gasteiger partial charge < -0.3 is 19.9 Å². The Morgan fingerprint density at radius 3 is 2.79 bits per heavy atom. The summed E-state index contributed by atoms with van der Waals surface area (Å²) in [4.78, 5) is 8.44. The van der Waals surface area contributed by atoms with Crippen molar-refractivity contribution in [2.75, 3.05) is 0 Å². The van der Waals surface area contributed by atoms with E-state index in [1.54, 1.807) is 10.8 Å². The van der Waals surface area contributed by atoms with Gasteiger partial charge in [-0.3, -0.25) is 0 Å². The first-order valence-corrected chi connectivity index (χ1v) is 9.43. The van der Waals surface area contributed by atoms with E-state index in [1.165, 1.54) is 18.5 Å². The van der Waals surface area contributed by atoms with Crippen molar-refractivity contribution in [1.82, 2.24) is 14.5 Å². The summed E-state index contributed by atoms with van der Waals surface area (Å²) < 4.78 is 15.6. The van der Waals surface area contributed by atoms with Gasteiger partial charge in [0.2, 0.25) is 0 Å². The van der Waals surface area contributed by atoms with Gasteiger partial charge in [0.15, 0.2) is 0 Å². The minimum absolute atomic E-state index is 0.0596. The van der Waals surface area contributed by atoms with Crippen LogP contribution in [0.5, 0.6) is 0 Å². The van der Waals surface area contributed by atoms with Crippen molar-refractivity contribution in [3.63, 3.8) is 0 Å². The molecule has 1 fully saturated rings. The van der Waals surface area contributed by atoms with E-state index in [1.807, 2.05) is 13.0 Å². The summed E-state index contributed by atoms with van der Waals surface area (Å²) >= 11 is 5.72.